The second-order valence-electron chi connectivity index (χ2n) is 7.59. The van der Waals surface area contributed by atoms with E-state index >= 15 is 0 Å². The van der Waals surface area contributed by atoms with Gasteiger partial charge in [0.25, 0.3) is 0 Å². The molecule has 1 atom stereocenters. The highest BCUT2D eigenvalue weighted by atomic mass is 32.2. The van der Waals surface area contributed by atoms with Gasteiger partial charge in [-0.15, -0.1) is 10.2 Å². The Bertz CT molecular complexity index is 1200. The summed E-state index contributed by atoms with van der Waals surface area (Å²) in [5.41, 5.74) is 1.64. The zero-order chi connectivity index (χ0) is 22.6. The van der Waals surface area contributed by atoms with E-state index in [0.717, 1.165) is 41.7 Å². The van der Waals surface area contributed by atoms with Crippen molar-refractivity contribution in [3.05, 3.63) is 60.2 Å². The summed E-state index contributed by atoms with van der Waals surface area (Å²) in [6.07, 6.45) is 2.20. The molecule has 33 heavy (non-hydrogen) atoms. The van der Waals surface area contributed by atoms with Crippen molar-refractivity contribution >= 4 is 11.8 Å². The second kappa shape index (κ2) is 9.72. The van der Waals surface area contributed by atoms with E-state index in [-0.39, 0.29) is 11.9 Å². The number of ether oxygens (including phenoxy) is 2. The lowest BCUT2D eigenvalue weighted by Gasteiger charge is -2.14. The molecule has 1 unspecified atom stereocenters. The van der Waals surface area contributed by atoms with Crippen LogP contribution in [0.3, 0.4) is 0 Å². The van der Waals surface area contributed by atoms with Crippen LogP contribution >= 0.6 is 11.8 Å². The standard InChI is InChI=1S/C23H22FN5O3S/c1-30-18-10-6-16(7-11-18)22-26-27-23(29(22)13-19-3-2-12-31-19)33-14-20-25-21(28-32-20)15-4-8-17(24)9-5-15/h4-11,19H,2-3,12-14H2,1H3. The van der Waals surface area contributed by atoms with Crippen LogP contribution in [0.25, 0.3) is 22.8 Å². The largest absolute Gasteiger partial charge is 0.497 e. The summed E-state index contributed by atoms with van der Waals surface area (Å²) < 4.78 is 31.8. The molecule has 1 fully saturated rings. The number of rotatable bonds is 8. The lowest BCUT2D eigenvalue weighted by molar-refractivity contribution is 0.0953. The van der Waals surface area contributed by atoms with Gasteiger partial charge in [-0.3, -0.25) is 4.57 Å². The highest BCUT2D eigenvalue weighted by molar-refractivity contribution is 7.98. The van der Waals surface area contributed by atoms with E-state index in [9.17, 15) is 4.39 Å². The van der Waals surface area contributed by atoms with Gasteiger partial charge in [0.2, 0.25) is 11.7 Å². The Labute approximate surface area is 194 Å². The first-order chi connectivity index (χ1) is 16.2. The third kappa shape index (κ3) is 4.91. The quantitative estimate of drug-likeness (QED) is 0.347. The average Bonchev–Trinajstić information content (AvgIpc) is 3.61. The number of aromatic nitrogens is 5. The fourth-order valence-electron chi connectivity index (χ4n) is 3.66. The molecule has 0 amide bonds. The molecule has 1 saturated heterocycles. The van der Waals surface area contributed by atoms with Crippen molar-refractivity contribution in [2.45, 2.75) is 36.4 Å². The van der Waals surface area contributed by atoms with E-state index in [1.54, 1.807) is 19.2 Å². The van der Waals surface area contributed by atoms with Crippen LogP contribution in [0.5, 0.6) is 5.75 Å². The molecule has 10 heteroatoms. The molecular weight excluding hydrogens is 445 g/mol. The van der Waals surface area contributed by atoms with Crippen molar-refractivity contribution in [2.75, 3.05) is 13.7 Å². The van der Waals surface area contributed by atoms with Crippen molar-refractivity contribution in [3.63, 3.8) is 0 Å². The van der Waals surface area contributed by atoms with Gasteiger partial charge in [-0.2, -0.15) is 4.98 Å². The SMILES string of the molecule is COc1ccc(-c2nnc(SCc3nc(-c4ccc(F)cc4)no3)n2CC2CCCO2)cc1. The van der Waals surface area contributed by atoms with E-state index in [1.165, 1.54) is 23.9 Å². The summed E-state index contributed by atoms with van der Waals surface area (Å²) in [7, 11) is 1.64. The highest BCUT2D eigenvalue weighted by Crippen LogP contribution is 2.29. The van der Waals surface area contributed by atoms with Crippen LogP contribution < -0.4 is 4.74 Å². The predicted octanol–water partition coefficient (Wildman–Crippen LogP) is 4.61. The molecule has 0 bridgehead atoms. The van der Waals surface area contributed by atoms with E-state index in [0.29, 0.717) is 29.6 Å². The Morgan fingerprint density at radius 2 is 1.88 bits per heavy atom. The molecular formula is C23H22FN5O3S. The number of nitrogens with zero attached hydrogens (tertiary/aromatic N) is 5. The van der Waals surface area contributed by atoms with E-state index in [1.807, 2.05) is 24.3 Å². The van der Waals surface area contributed by atoms with Crippen LogP contribution in [0.15, 0.2) is 58.2 Å². The first kappa shape index (κ1) is 21.6. The highest BCUT2D eigenvalue weighted by Gasteiger charge is 2.22. The first-order valence-electron chi connectivity index (χ1n) is 10.6. The smallest absolute Gasteiger partial charge is 0.237 e. The predicted molar refractivity (Wildman–Crippen MR) is 120 cm³/mol. The average molecular weight is 468 g/mol. The van der Waals surface area contributed by atoms with Crippen molar-refractivity contribution in [1.29, 1.82) is 0 Å². The van der Waals surface area contributed by atoms with Gasteiger partial charge in [-0.1, -0.05) is 16.9 Å². The van der Waals surface area contributed by atoms with Gasteiger partial charge in [0.1, 0.15) is 11.6 Å². The summed E-state index contributed by atoms with van der Waals surface area (Å²) in [5.74, 6) is 2.55. The van der Waals surface area contributed by atoms with Crippen LogP contribution in [0.1, 0.15) is 18.7 Å². The number of hydrogen-bond acceptors (Lipinski definition) is 8. The Balaban J connectivity index is 1.36. The Morgan fingerprint density at radius 1 is 1.09 bits per heavy atom. The molecule has 1 aliphatic rings. The summed E-state index contributed by atoms with van der Waals surface area (Å²) >= 11 is 1.47. The number of benzene rings is 2. The van der Waals surface area contributed by atoms with Gasteiger partial charge < -0.3 is 14.0 Å². The number of halogens is 1. The van der Waals surface area contributed by atoms with Crippen molar-refractivity contribution in [2.24, 2.45) is 0 Å². The summed E-state index contributed by atoms with van der Waals surface area (Å²) in [5, 5.41) is 13.6. The molecule has 2 aromatic carbocycles. The van der Waals surface area contributed by atoms with E-state index in [2.05, 4.69) is 24.9 Å². The minimum Gasteiger partial charge on any atom is -0.497 e. The second-order valence-corrected chi connectivity index (χ2v) is 8.53. The molecule has 0 saturated carbocycles. The fourth-order valence-corrected chi connectivity index (χ4v) is 4.45. The lowest BCUT2D eigenvalue weighted by atomic mass is 10.2. The summed E-state index contributed by atoms with van der Waals surface area (Å²) in [6, 6.07) is 13.7. The van der Waals surface area contributed by atoms with E-state index < -0.39 is 0 Å². The van der Waals surface area contributed by atoms with Crippen LogP contribution in [0.2, 0.25) is 0 Å². The Hall–Kier alpha value is -3.24. The summed E-state index contributed by atoms with van der Waals surface area (Å²) in [4.78, 5) is 4.43. The monoisotopic (exact) mass is 467 g/mol. The number of hydrogen-bond donors (Lipinski definition) is 0. The van der Waals surface area contributed by atoms with Gasteiger partial charge in [-0.05, 0) is 61.4 Å². The molecule has 5 rings (SSSR count). The van der Waals surface area contributed by atoms with Gasteiger partial charge in [0.15, 0.2) is 11.0 Å². The molecule has 3 heterocycles. The zero-order valence-electron chi connectivity index (χ0n) is 18.0. The van der Waals surface area contributed by atoms with Crippen LogP contribution in [0, 0.1) is 5.82 Å². The minimum atomic E-state index is -0.309. The molecule has 0 spiro atoms. The minimum absolute atomic E-state index is 0.130. The molecule has 0 N–H and O–H groups in total. The van der Waals surface area contributed by atoms with E-state index in [4.69, 9.17) is 14.0 Å². The molecule has 0 radical (unpaired) electrons. The molecule has 4 aromatic rings. The first-order valence-corrected chi connectivity index (χ1v) is 11.6. The van der Waals surface area contributed by atoms with Crippen LogP contribution in [-0.2, 0) is 17.0 Å². The van der Waals surface area contributed by atoms with Crippen LogP contribution in [0.4, 0.5) is 4.39 Å². The Morgan fingerprint density at radius 3 is 2.61 bits per heavy atom. The Kier molecular flexibility index (Phi) is 6.36. The maximum absolute atomic E-state index is 13.2. The normalized spacial score (nSPS) is 15.8. The van der Waals surface area contributed by atoms with Gasteiger partial charge in [0.05, 0.1) is 25.5 Å². The maximum Gasteiger partial charge on any atom is 0.237 e. The van der Waals surface area contributed by atoms with Gasteiger partial charge in [-0.25, -0.2) is 4.39 Å². The fraction of sp³-hybridized carbons (Fsp3) is 0.304. The van der Waals surface area contributed by atoms with Crippen LogP contribution in [-0.4, -0.2) is 44.7 Å². The van der Waals surface area contributed by atoms with Crippen molar-refractivity contribution in [1.82, 2.24) is 24.9 Å². The summed E-state index contributed by atoms with van der Waals surface area (Å²) in [6.45, 7) is 1.45. The zero-order valence-corrected chi connectivity index (χ0v) is 18.8. The third-order valence-corrected chi connectivity index (χ3v) is 6.32. The van der Waals surface area contributed by atoms with Crippen molar-refractivity contribution < 1.29 is 18.4 Å². The van der Waals surface area contributed by atoms with Gasteiger partial charge >= 0.3 is 0 Å². The number of methoxy groups -OCH3 is 1. The van der Waals surface area contributed by atoms with Gasteiger partial charge in [0, 0.05) is 17.7 Å². The third-order valence-electron chi connectivity index (χ3n) is 5.37. The number of thioether (sulfide) groups is 1. The molecule has 8 nitrogen and oxygen atoms in total. The molecule has 0 aliphatic carbocycles. The maximum atomic E-state index is 13.2. The molecule has 1 aliphatic heterocycles. The molecule has 2 aromatic heterocycles. The van der Waals surface area contributed by atoms with Crippen molar-refractivity contribution in [3.8, 4) is 28.5 Å². The lowest BCUT2D eigenvalue weighted by Crippen LogP contribution is -2.16. The topological polar surface area (TPSA) is 88.1 Å². The molecule has 170 valence electrons.